The molecule has 1 aliphatic rings. The summed E-state index contributed by atoms with van der Waals surface area (Å²) in [5.41, 5.74) is 12.1. The van der Waals surface area contributed by atoms with Crippen LogP contribution in [0.2, 0.25) is 0 Å². The molecule has 8 heteroatoms. The lowest BCUT2D eigenvalue weighted by atomic mass is 10.1. The Morgan fingerprint density at radius 3 is 1.50 bits per heavy atom. The molecule has 6 N–H and O–H groups in total. The number of nitrogen functional groups attached to an aromatic ring is 2. The lowest BCUT2D eigenvalue weighted by Crippen LogP contribution is -2.41. The number of nitrogens with two attached hydrogens (primary N) is 2. The molecule has 0 heterocycles. The first kappa shape index (κ1) is 24.5. The summed E-state index contributed by atoms with van der Waals surface area (Å²) in [6.07, 6.45) is 7.92. The van der Waals surface area contributed by atoms with Gasteiger partial charge in [0.05, 0.1) is 11.4 Å². The highest BCUT2D eigenvalue weighted by atomic mass is 16.7. The topological polar surface area (TPSA) is 129 Å². The molecule has 4 aromatic rings. The number of phenolic OH excluding ortho intramolecular Hbond substituents is 2. The summed E-state index contributed by atoms with van der Waals surface area (Å²) in [6, 6.07) is 23.6. The number of ether oxygens (including phenoxy) is 4. The van der Waals surface area contributed by atoms with Gasteiger partial charge in [-0.05, 0) is 54.6 Å². The summed E-state index contributed by atoms with van der Waals surface area (Å²) < 4.78 is 25.0. The van der Waals surface area contributed by atoms with E-state index in [9.17, 15) is 10.2 Å². The van der Waals surface area contributed by atoms with Crippen molar-refractivity contribution in [2.45, 2.75) is 12.2 Å². The number of benzene rings is 4. The van der Waals surface area contributed by atoms with Gasteiger partial charge < -0.3 is 40.6 Å². The lowest BCUT2D eigenvalue weighted by Gasteiger charge is -2.33. The summed E-state index contributed by atoms with van der Waals surface area (Å²) in [6.45, 7) is 0. The fraction of sp³-hybridized carbons (Fsp3) is 0.0667. The van der Waals surface area contributed by atoms with Crippen LogP contribution in [0.4, 0.5) is 11.4 Å². The summed E-state index contributed by atoms with van der Waals surface area (Å²) in [5, 5.41) is 19.5. The van der Waals surface area contributed by atoms with Gasteiger partial charge in [0.15, 0.2) is 23.0 Å². The van der Waals surface area contributed by atoms with Crippen molar-refractivity contribution in [3.05, 3.63) is 109 Å². The van der Waals surface area contributed by atoms with Gasteiger partial charge in [0, 0.05) is 18.6 Å². The second-order valence-corrected chi connectivity index (χ2v) is 8.55. The van der Waals surface area contributed by atoms with Crippen LogP contribution >= 0.6 is 0 Å². The zero-order valence-corrected chi connectivity index (χ0v) is 20.3. The first-order valence-corrected chi connectivity index (χ1v) is 11.8. The fourth-order valence-electron chi connectivity index (χ4n) is 3.81. The van der Waals surface area contributed by atoms with Gasteiger partial charge in [0.2, 0.25) is 0 Å². The van der Waals surface area contributed by atoms with Crippen LogP contribution in [0, 0.1) is 0 Å². The normalized spacial score (nSPS) is 13.6. The van der Waals surface area contributed by atoms with Gasteiger partial charge in [-0.3, -0.25) is 0 Å². The molecule has 5 rings (SSSR count). The minimum Gasteiger partial charge on any atom is -0.506 e. The Bertz CT molecular complexity index is 1420. The Morgan fingerprint density at radius 2 is 1.08 bits per heavy atom. The van der Waals surface area contributed by atoms with E-state index < -0.39 is 5.79 Å². The van der Waals surface area contributed by atoms with Crippen LogP contribution in [0.15, 0.2) is 109 Å². The smallest absolute Gasteiger partial charge is 0.275 e. The summed E-state index contributed by atoms with van der Waals surface area (Å²) >= 11 is 0. The monoisotopic (exact) mass is 510 g/mol. The Labute approximate surface area is 219 Å². The molecule has 0 aromatic heterocycles. The molecule has 8 nitrogen and oxygen atoms in total. The third kappa shape index (κ3) is 5.44. The van der Waals surface area contributed by atoms with E-state index in [0.29, 0.717) is 40.9 Å². The molecule has 0 aliphatic heterocycles. The largest absolute Gasteiger partial charge is 0.506 e. The Morgan fingerprint density at radius 1 is 0.605 bits per heavy atom. The van der Waals surface area contributed by atoms with E-state index in [-0.39, 0.29) is 22.9 Å². The highest BCUT2D eigenvalue weighted by molar-refractivity contribution is 5.57. The molecule has 38 heavy (non-hydrogen) atoms. The quantitative estimate of drug-likeness (QED) is 0.120. The zero-order chi connectivity index (χ0) is 26.5. The van der Waals surface area contributed by atoms with Crippen molar-refractivity contribution in [3.63, 3.8) is 0 Å². The number of para-hydroxylation sites is 4. The molecule has 4 aromatic carbocycles. The van der Waals surface area contributed by atoms with Crippen molar-refractivity contribution in [1.29, 1.82) is 0 Å². The second-order valence-electron chi connectivity index (χ2n) is 8.55. The van der Waals surface area contributed by atoms with Gasteiger partial charge in [-0.25, -0.2) is 0 Å². The van der Waals surface area contributed by atoms with Crippen LogP contribution in [0.5, 0.6) is 46.0 Å². The van der Waals surface area contributed by atoms with Crippen LogP contribution < -0.4 is 30.4 Å². The minimum absolute atomic E-state index is 0.0238. The number of phenols is 2. The highest BCUT2D eigenvalue weighted by Crippen LogP contribution is 2.41. The number of anilines is 2. The van der Waals surface area contributed by atoms with Crippen molar-refractivity contribution in [2.75, 3.05) is 11.5 Å². The molecular formula is C30H26N2O6. The summed E-state index contributed by atoms with van der Waals surface area (Å²) in [4.78, 5) is 0. The number of rotatable bonds is 8. The van der Waals surface area contributed by atoms with Crippen molar-refractivity contribution in [1.82, 2.24) is 0 Å². The van der Waals surface area contributed by atoms with Gasteiger partial charge in [-0.1, -0.05) is 42.5 Å². The molecule has 0 unspecified atom stereocenters. The second kappa shape index (κ2) is 10.4. The van der Waals surface area contributed by atoms with Gasteiger partial charge in [-0.2, -0.15) is 0 Å². The summed E-state index contributed by atoms with van der Waals surface area (Å²) in [5.74, 6) is 1.37. The number of aromatic hydroxyl groups is 2. The molecule has 0 atom stereocenters. The van der Waals surface area contributed by atoms with Crippen LogP contribution in [-0.2, 0) is 0 Å². The van der Waals surface area contributed by atoms with E-state index in [2.05, 4.69) is 0 Å². The number of hydrogen-bond acceptors (Lipinski definition) is 8. The average molecular weight is 511 g/mol. The SMILES string of the molecule is Nc1cc(Oc2ccccc2OC2(Oc3ccccc3Oc3ccc(O)c(N)c3)C=CC=CC2)ccc1O. The Balaban J connectivity index is 1.43. The van der Waals surface area contributed by atoms with E-state index in [1.807, 2.05) is 48.6 Å². The maximum atomic E-state index is 9.73. The predicted octanol–water partition coefficient (Wildman–Crippen LogP) is 6.52. The molecule has 1 aliphatic carbocycles. The van der Waals surface area contributed by atoms with E-state index in [0.717, 1.165) is 0 Å². The number of hydrogen-bond donors (Lipinski definition) is 4. The van der Waals surface area contributed by atoms with Crippen molar-refractivity contribution in [3.8, 4) is 46.0 Å². The Hall–Kier alpha value is -5.24. The van der Waals surface area contributed by atoms with Gasteiger partial charge in [-0.15, -0.1) is 0 Å². The average Bonchev–Trinajstić information content (AvgIpc) is 2.91. The molecular weight excluding hydrogens is 484 g/mol. The first-order valence-electron chi connectivity index (χ1n) is 11.8. The van der Waals surface area contributed by atoms with E-state index >= 15 is 0 Å². The van der Waals surface area contributed by atoms with Gasteiger partial charge in [0.25, 0.3) is 5.79 Å². The van der Waals surface area contributed by atoms with Crippen molar-refractivity contribution in [2.24, 2.45) is 0 Å². The van der Waals surface area contributed by atoms with Crippen LogP contribution in [0.3, 0.4) is 0 Å². The Kier molecular flexibility index (Phi) is 6.69. The third-order valence-corrected chi connectivity index (χ3v) is 5.72. The maximum Gasteiger partial charge on any atom is 0.275 e. The predicted molar refractivity (Wildman–Crippen MR) is 145 cm³/mol. The van der Waals surface area contributed by atoms with Gasteiger partial charge >= 0.3 is 0 Å². The molecule has 192 valence electrons. The summed E-state index contributed by atoms with van der Waals surface area (Å²) in [7, 11) is 0. The van der Waals surface area contributed by atoms with Crippen molar-refractivity contribution < 1.29 is 29.2 Å². The van der Waals surface area contributed by atoms with Crippen LogP contribution in [0.1, 0.15) is 6.42 Å². The lowest BCUT2D eigenvalue weighted by molar-refractivity contribution is -0.0708. The highest BCUT2D eigenvalue weighted by Gasteiger charge is 2.34. The zero-order valence-electron chi connectivity index (χ0n) is 20.3. The van der Waals surface area contributed by atoms with Crippen LogP contribution in [0.25, 0.3) is 0 Å². The third-order valence-electron chi connectivity index (χ3n) is 5.72. The van der Waals surface area contributed by atoms with E-state index in [1.165, 1.54) is 24.3 Å². The minimum atomic E-state index is -1.21. The molecule has 0 fully saturated rings. The molecule has 0 amide bonds. The van der Waals surface area contributed by atoms with Crippen LogP contribution in [-0.4, -0.2) is 16.0 Å². The number of allylic oxidation sites excluding steroid dienone is 2. The molecule has 0 radical (unpaired) electrons. The maximum absolute atomic E-state index is 9.73. The molecule has 0 saturated heterocycles. The molecule has 0 bridgehead atoms. The van der Waals surface area contributed by atoms with E-state index in [1.54, 1.807) is 36.4 Å². The standard InChI is InChI=1S/C30H26N2O6/c31-22-18-20(12-14-24(22)33)35-26-8-2-4-10-28(26)37-30(16-6-1-7-17-30)38-29-11-5-3-9-27(29)36-21-13-15-25(34)23(32)19-21/h1-16,18-19,33-34H,17,31-32H2. The first-order chi connectivity index (χ1) is 18.4. The van der Waals surface area contributed by atoms with Gasteiger partial charge in [0.1, 0.15) is 23.0 Å². The van der Waals surface area contributed by atoms with Crippen molar-refractivity contribution >= 4 is 11.4 Å². The molecule has 0 spiro atoms. The fourth-order valence-corrected chi connectivity index (χ4v) is 3.81. The van der Waals surface area contributed by atoms with E-state index in [4.69, 9.17) is 30.4 Å². The molecule has 0 saturated carbocycles.